The number of aryl methyl sites for hydroxylation is 1. The van der Waals surface area contributed by atoms with E-state index in [4.69, 9.17) is 11.5 Å². The van der Waals surface area contributed by atoms with Crippen molar-refractivity contribution in [2.24, 2.45) is 5.73 Å². The third kappa shape index (κ3) is 2.75. The molecule has 0 aliphatic rings. The van der Waals surface area contributed by atoms with Crippen molar-refractivity contribution >= 4 is 38.9 Å². The first-order valence-electron chi connectivity index (χ1n) is 5.81. The largest absolute Gasteiger partial charge is 0.397 e. The molecule has 2 aromatic carbocycles. The Bertz CT molecular complexity index is 688. The number of hydrogen-bond acceptors (Lipinski definition) is 3. The molecule has 0 heterocycles. The van der Waals surface area contributed by atoms with Crippen molar-refractivity contribution < 1.29 is 9.18 Å². The minimum Gasteiger partial charge on any atom is -0.397 e. The van der Waals surface area contributed by atoms with Gasteiger partial charge in [-0.3, -0.25) is 4.79 Å². The van der Waals surface area contributed by atoms with Crippen molar-refractivity contribution in [3.05, 3.63) is 51.7 Å². The highest BCUT2D eigenvalue weighted by Gasteiger charge is 2.13. The van der Waals surface area contributed by atoms with Crippen molar-refractivity contribution in [3.63, 3.8) is 0 Å². The second-order valence-corrected chi connectivity index (χ2v) is 5.19. The van der Waals surface area contributed by atoms with Crippen LogP contribution in [0.3, 0.4) is 0 Å². The van der Waals surface area contributed by atoms with Crippen LogP contribution in [0.2, 0.25) is 0 Å². The van der Waals surface area contributed by atoms with E-state index >= 15 is 0 Å². The quantitative estimate of drug-likeness (QED) is 0.751. The van der Waals surface area contributed by atoms with Gasteiger partial charge in [-0.2, -0.15) is 0 Å². The van der Waals surface area contributed by atoms with Crippen LogP contribution in [0.25, 0.3) is 0 Å². The molecule has 0 saturated heterocycles. The van der Waals surface area contributed by atoms with E-state index in [0.29, 0.717) is 27.1 Å². The number of nitrogens with two attached hydrogens (primary N) is 2. The summed E-state index contributed by atoms with van der Waals surface area (Å²) in [6, 6.07) is 7.85. The predicted octanol–water partition coefficient (Wildman–Crippen LogP) is 3.32. The lowest BCUT2D eigenvalue weighted by Gasteiger charge is -2.15. The molecule has 2 aromatic rings. The standard InChI is InChI=1S/C14H13BrFN3O/c1-7-5-10(16)9(15)6-12(7)19-13-8(14(18)20)3-2-4-11(13)17/h2-6,19H,17H2,1H3,(H2,18,20). The lowest BCUT2D eigenvalue weighted by molar-refractivity contribution is 0.100. The van der Waals surface area contributed by atoms with Gasteiger partial charge in [0.25, 0.3) is 5.91 Å². The fourth-order valence-corrected chi connectivity index (χ4v) is 2.17. The van der Waals surface area contributed by atoms with Gasteiger partial charge < -0.3 is 16.8 Å². The second-order valence-electron chi connectivity index (χ2n) is 4.34. The smallest absolute Gasteiger partial charge is 0.250 e. The fraction of sp³-hybridized carbons (Fsp3) is 0.0714. The van der Waals surface area contributed by atoms with Crippen LogP contribution in [-0.4, -0.2) is 5.91 Å². The van der Waals surface area contributed by atoms with E-state index in [1.807, 2.05) is 0 Å². The molecule has 2 rings (SSSR count). The summed E-state index contributed by atoms with van der Waals surface area (Å²) in [5.41, 5.74) is 13.6. The van der Waals surface area contributed by atoms with Crippen molar-refractivity contribution in [1.29, 1.82) is 0 Å². The van der Waals surface area contributed by atoms with Gasteiger partial charge in [-0.15, -0.1) is 0 Å². The van der Waals surface area contributed by atoms with E-state index in [1.54, 1.807) is 31.2 Å². The van der Waals surface area contributed by atoms with Crippen molar-refractivity contribution in [2.75, 3.05) is 11.1 Å². The molecule has 0 aliphatic carbocycles. The molecule has 0 unspecified atom stereocenters. The lowest BCUT2D eigenvalue weighted by atomic mass is 10.1. The Morgan fingerprint density at radius 3 is 2.70 bits per heavy atom. The highest BCUT2D eigenvalue weighted by atomic mass is 79.9. The van der Waals surface area contributed by atoms with E-state index < -0.39 is 5.91 Å². The second kappa shape index (κ2) is 5.50. The SMILES string of the molecule is Cc1cc(F)c(Br)cc1Nc1c(N)cccc1C(N)=O. The zero-order valence-corrected chi connectivity index (χ0v) is 12.3. The first kappa shape index (κ1) is 14.3. The van der Waals surface area contributed by atoms with Crippen LogP contribution in [0.1, 0.15) is 15.9 Å². The number of amides is 1. The van der Waals surface area contributed by atoms with Crippen LogP contribution in [-0.2, 0) is 0 Å². The molecule has 0 spiro atoms. The first-order valence-corrected chi connectivity index (χ1v) is 6.60. The molecule has 0 aromatic heterocycles. The lowest BCUT2D eigenvalue weighted by Crippen LogP contribution is -2.14. The number of carbonyl (C=O) groups is 1. The topological polar surface area (TPSA) is 81.1 Å². The molecule has 104 valence electrons. The van der Waals surface area contributed by atoms with Crippen LogP contribution < -0.4 is 16.8 Å². The Morgan fingerprint density at radius 1 is 1.35 bits per heavy atom. The summed E-state index contributed by atoms with van der Waals surface area (Å²) in [7, 11) is 0. The van der Waals surface area contributed by atoms with E-state index in [-0.39, 0.29) is 11.4 Å². The van der Waals surface area contributed by atoms with Gasteiger partial charge in [0.1, 0.15) is 5.82 Å². The monoisotopic (exact) mass is 337 g/mol. The summed E-state index contributed by atoms with van der Waals surface area (Å²) in [6.45, 7) is 1.75. The number of para-hydroxylation sites is 1. The van der Waals surface area contributed by atoms with Gasteiger partial charge in [0, 0.05) is 5.69 Å². The van der Waals surface area contributed by atoms with Crippen LogP contribution in [0.5, 0.6) is 0 Å². The van der Waals surface area contributed by atoms with Gasteiger partial charge in [-0.05, 0) is 52.7 Å². The summed E-state index contributed by atoms with van der Waals surface area (Å²) in [4.78, 5) is 11.4. The van der Waals surface area contributed by atoms with Crippen LogP contribution in [0.4, 0.5) is 21.5 Å². The molecule has 0 atom stereocenters. The van der Waals surface area contributed by atoms with Crippen LogP contribution in [0.15, 0.2) is 34.8 Å². The Hall–Kier alpha value is -2.08. The summed E-state index contributed by atoms with van der Waals surface area (Å²) < 4.78 is 13.7. The Labute approximate surface area is 124 Å². The number of nitrogens with one attached hydrogen (secondary N) is 1. The third-order valence-corrected chi connectivity index (χ3v) is 3.50. The average Bonchev–Trinajstić information content (AvgIpc) is 2.37. The Morgan fingerprint density at radius 2 is 2.05 bits per heavy atom. The number of carbonyl (C=O) groups excluding carboxylic acids is 1. The fourth-order valence-electron chi connectivity index (χ4n) is 1.83. The highest BCUT2D eigenvalue weighted by Crippen LogP contribution is 2.31. The third-order valence-electron chi connectivity index (χ3n) is 2.89. The van der Waals surface area contributed by atoms with Gasteiger partial charge in [0.05, 0.1) is 21.4 Å². The Kier molecular flexibility index (Phi) is 3.94. The highest BCUT2D eigenvalue weighted by molar-refractivity contribution is 9.10. The number of halogens is 2. The molecule has 4 nitrogen and oxygen atoms in total. The van der Waals surface area contributed by atoms with Crippen molar-refractivity contribution in [2.45, 2.75) is 6.92 Å². The zero-order valence-electron chi connectivity index (χ0n) is 10.7. The van der Waals surface area contributed by atoms with Crippen molar-refractivity contribution in [1.82, 2.24) is 0 Å². The average molecular weight is 338 g/mol. The predicted molar refractivity (Wildman–Crippen MR) is 81.5 cm³/mol. The van der Waals surface area contributed by atoms with Crippen LogP contribution >= 0.6 is 15.9 Å². The summed E-state index contributed by atoms with van der Waals surface area (Å²) in [5, 5.41) is 3.04. The number of hydrogen-bond donors (Lipinski definition) is 3. The minimum atomic E-state index is -0.585. The van der Waals surface area contributed by atoms with E-state index in [9.17, 15) is 9.18 Å². The normalized spacial score (nSPS) is 10.3. The summed E-state index contributed by atoms with van der Waals surface area (Å²) in [6.07, 6.45) is 0. The molecule has 0 fully saturated rings. The first-order chi connectivity index (χ1) is 9.40. The molecule has 0 aliphatic heterocycles. The minimum absolute atomic E-state index is 0.282. The molecule has 5 N–H and O–H groups in total. The maximum absolute atomic E-state index is 13.4. The van der Waals surface area contributed by atoms with Gasteiger partial charge in [-0.1, -0.05) is 6.07 Å². The van der Waals surface area contributed by atoms with Crippen LogP contribution in [0, 0.1) is 12.7 Å². The molecule has 1 amide bonds. The number of anilines is 3. The van der Waals surface area contributed by atoms with E-state index in [2.05, 4.69) is 21.2 Å². The summed E-state index contributed by atoms with van der Waals surface area (Å²) >= 11 is 3.12. The van der Waals surface area contributed by atoms with E-state index in [0.717, 1.165) is 0 Å². The maximum Gasteiger partial charge on any atom is 0.250 e. The molecule has 0 radical (unpaired) electrons. The molecular weight excluding hydrogens is 325 g/mol. The molecule has 6 heteroatoms. The number of nitrogen functional groups attached to an aromatic ring is 1. The summed E-state index contributed by atoms with van der Waals surface area (Å²) in [5.74, 6) is -0.942. The maximum atomic E-state index is 13.4. The molecule has 20 heavy (non-hydrogen) atoms. The number of primary amides is 1. The van der Waals surface area contributed by atoms with Crippen molar-refractivity contribution in [3.8, 4) is 0 Å². The Balaban J connectivity index is 2.50. The number of benzene rings is 2. The molecule has 0 saturated carbocycles. The zero-order chi connectivity index (χ0) is 14.9. The van der Waals surface area contributed by atoms with Gasteiger partial charge in [0.15, 0.2) is 0 Å². The van der Waals surface area contributed by atoms with Gasteiger partial charge in [-0.25, -0.2) is 4.39 Å². The van der Waals surface area contributed by atoms with E-state index in [1.165, 1.54) is 6.07 Å². The molecule has 0 bridgehead atoms. The van der Waals surface area contributed by atoms with Gasteiger partial charge >= 0.3 is 0 Å². The van der Waals surface area contributed by atoms with Gasteiger partial charge in [0.2, 0.25) is 0 Å². The molecular formula is C14H13BrFN3O. The number of rotatable bonds is 3.